The van der Waals surface area contributed by atoms with Crippen LogP contribution in [0.1, 0.15) is 45.6 Å². The summed E-state index contributed by atoms with van der Waals surface area (Å²) in [5.74, 6) is 0.886. The molecule has 3 rings (SSSR count). The zero-order valence-corrected chi connectivity index (χ0v) is 14.9. The molecule has 0 radical (unpaired) electrons. The highest BCUT2D eigenvalue weighted by atomic mass is 16.6. The first-order valence-electron chi connectivity index (χ1n) is 8.85. The number of hydrogen-bond acceptors (Lipinski definition) is 4. The average molecular weight is 332 g/mol. The third kappa shape index (κ3) is 4.87. The Morgan fingerprint density at radius 1 is 1.25 bits per heavy atom. The molecule has 1 saturated carbocycles. The van der Waals surface area contributed by atoms with Crippen molar-refractivity contribution in [2.45, 2.75) is 64.3 Å². The highest BCUT2D eigenvalue weighted by Gasteiger charge is 2.42. The van der Waals surface area contributed by atoms with Crippen LogP contribution in [0.4, 0.5) is 4.79 Å². The van der Waals surface area contributed by atoms with E-state index in [9.17, 15) is 4.79 Å². The van der Waals surface area contributed by atoms with Gasteiger partial charge in [0, 0.05) is 19.1 Å². The van der Waals surface area contributed by atoms with Crippen molar-refractivity contribution in [3.63, 3.8) is 0 Å². The number of nitrogens with zero attached hydrogens (tertiary/aromatic N) is 1. The van der Waals surface area contributed by atoms with Crippen molar-refractivity contribution < 1.29 is 14.3 Å². The van der Waals surface area contributed by atoms with Gasteiger partial charge in [-0.2, -0.15) is 0 Å². The molecule has 1 saturated heterocycles. The van der Waals surface area contributed by atoms with Crippen molar-refractivity contribution in [3.05, 3.63) is 29.8 Å². The van der Waals surface area contributed by atoms with E-state index >= 15 is 0 Å². The van der Waals surface area contributed by atoms with Gasteiger partial charge in [-0.15, -0.1) is 0 Å². The summed E-state index contributed by atoms with van der Waals surface area (Å²) < 4.78 is 11.1. The van der Waals surface area contributed by atoms with Gasteiger partial charge in [-0.3, -0.25) is 4.90 Å². The molecule has 1 heterocycles. The van der Waals surface area contributed by atoms with Gasteiger partial charge >= 0.3 is 6.09 Å². The van der Waals surface area contributed by atoms with Crippen LogP contribution in [0.3, 0.4) is 0 Å². The smallest absolute Gasteiger partial charge is 0.407 e. The molecule has 2 fully saturated rings. The number of ether oxygens (including phenoxy) is 2. The quantitative estimate of drug-likeness (QED) is 0.812. The van der Waals surface area contributed by atoms with Crippen molar-refractivity contribution in [2.24, 2.45) is 0 Å². The number of hydrogen-bond donors (Lipinski definition) is 1. The third-order valence-electron chi connectivity index (χ3n) is 4.50. The lowest BCUT2D eigenvalue weighted by Gasteiger charge is -2.27. The van der Waals surface area contributed by atoms with Crippen LogP contribution in [0, 0.1) is 0 Å². The Bertz CT molecular complexity index is 561. The summed E-state index contributed by atoms with van der Waals surface area (Å²) in [5.41, 5.74) is 0.550. The third-order valence-corrected chi connectivity index (χ3v) is 4.50. The monoisotopic (exact) mass is 332 g/mol. The molecule has 1 N–H and O–H groups in total. The summed E-state index contributed by atoms with van der Waals surface area (Å²) in [6.45, 7) is 7.96. The molecule has 1 aromatic rings. The van der Waals surface area contributed by atoms with E-state index in [4.69, 9.17) is 9.47 Å². The Kier molecular flexibility index (Phi) is 4.99. The fourth-order valence-corrected chi connectivity index (χ4v) is 2.89. The van der Waals surface area contributed by atoms with Gasteiger partial charge in [0.2, 0.25) is 0 Å². The molecular formula is C19H28N2O3. The second-order valence-corrected chi connectivity index (χ2v) is 7.75. The highest BCUT2D eigenvalue weighted by Crippen LogP contribution is 2.33. The fraction of sp³-hybridized carbons (Fsp3) is 0.632. The van der Waals surface area contributed by atoms with Crippen molar-refractivity contribution in [1.82, 2.24) is 10.2 Å². The van der Waals surface area contributed by atoms with E-state index in [2.05, 4.69) is 10.2 Å². The molecule has 24 heavy (non-hydrogen) atoms. The van der Waals surface area contributed by atoms with Crippen molar-refractivity contribution in [2.75, 3.05) is 13.2 Å². The Balaban J connectivity index is 1.37. The maximum absolute atomic E-state index is 11.6. The van der Waals surface area contributed by atoms with Crippen LogP contribution in [0.2, 0.25) is 0 Å². The molecule has 1 amide bonds. The van der Waals surface area contributed by atoms with Gasteiger partial charge in [0.15, 0.2) is 0 Å². The second kappa shape index (κ2) is 7.01. The number of rotatable bonds is 6. The van der Waals surface area contributed by atoms with Crippen LogP contribution in [-0.4, -0.2) is 41.8 Å². The van der Waals surface area contributed by atoms with Gasteiger partial charge in [-0.05, 0) is 51.3 Å². The number of benzene rings is 1. The zero-order chi connectivity index (χ0) is 17.2. The normalized spacial score (nSPS) is 23.3. The van der Waals surface area contributed by atoms with E-state index < -0.39 is 11.7 Å². The predicted molar refractivity (Wildman–Crippen MR) is 93.1 cm³/mol. The standard InChI is InChI=1S/C19H28N2O3/c1-19(2,3)24-18(22)20-11-14-7-9-17(10-8-14)23-13-16-12-21(16)15-5-4-6-15/h7-10,15-16H,4-6,11-13H2,1-3H3,(H,20,22). The molecule has 132 valence electrons. The molecule has 2 aliphatic rings. The molecule has 1 aliphatic heterocycles. The van der Waals surface area contributed by atoms with E-state index in [1.807, 2.05) is 45.0 Å². The molecular weight excluding hydrogens is 304 g/mol. The second-order valence-electron chi connectivity index (χ2n) is 7.75. The summed E-state index contributed by atoms with van der Waals surface area (Å²) >= 11 is 0. The Morgan fingerprint density at radius 3 is 2.54 bits per heavy atom. The maximum atomic E-state index is 11.6. The molecule has 0 spiro atoms. The van der Waals surface area contributed by atoms with Crippen LogP contribution in [0.25, 0.3) is 0 Å². The Morgan fingerprint density at radius 2 is 1.96 bits per heavy atom. The minimum absolute atomic E-state index is 0.396. The van der Waals surface area contributed by atoms with E-state index in [0.717, 1.165) is 24.0 Å². The first-order chi connectivity index (χ1) is 11.4. The fourth-order valence-electron chi connectivity index (χ4n) is 2.89. The molecule has 2 atom stereocenters. The van der Waals surface area contributed by atoms with Gasteiger partial charge < -0.3 is 14.8 Å². The lowest BCUT2D eigenvalue weighted by Crippen LogP contribution is -2.32. The molecule has 5 nitrogen and oxygen atoms in total. The molecule has 1 aliphatic carbocycles. The largest absolute Gasteiger partial charge is 0.492 e. The van der Waals surface area contributed by atoms with E-state index in [0.29, 0.717) is 12.6 Å². The first-order valence-corrected chi connectivity index (χ1v) is 8.85. The minimum atomic E-state index is -0.474. The number of nitrogens with one attached hydrogen (secondary N) is 1. The van der Waals surface area contributed by atoms with E-state index in [1.165, 1.54) is 25.8 Å². The van der Waals surface area contributed by atoms with E-state index in [1.54, 1.807) is 0 Å². The maximum Gasteiger partial charge on any atom is 0.407 e. The van der Waals surface area contributed by atoms with Crippen LogP contribution < -0.4 is 10.1 Å². The Hall–Kier alpha value is -1.75. The van der Waals surface area contributed by atoms with Crippen LogP contribution in [0.5, 0.6) is 5.75 Å². The summed E-state index contributed by atoms with van der Waals surface area (Å²) in [4.78, 5) is 14.2. The lowest BCUT2D eigenvalue weighted by molar-refractivity contribution is 0.0523. The molecule has 0 bridgehead atoms. The first kappa shape index (κ1) is 17.1. The average Bonchev–Trinajstić information content (AvgIpc) is 3.19. The zero-order valence-electron chi connectivity index (χ0n) is 14.9. The number of carbonyl (C=O) groups is 1. The topological polar surface area (TPSA) is 50.6 Å². The molecule has 1 aromatic carbocycles. The lowest BCUT2D eigenvalue weighted by atomic mass is 9.93. The summed E-state index contributed by atoms with van der Waals surface area (Å²) in [5, 5.41) is 2.76. The summed E-state index contributed by atoms with van der Waals surface area (Å²) in [6, 6.07) is 9.29. The van der Waals surface area contributed by atoms with Crippen molar-refractivity contribution in [3.8, 4) is 5.75 Å². The van der Waals surface area contributed by atoms with Gasteiger partial charge in [0.25, 0.3) is 0 Å². The van der Waals surface area contributed by atoms with Crippen LogP contribution in [0.15, 0.2) is 24.3 Å². The van der Waals surface area contributed by atoms with Crippen LogP contribution in [-0.2, 0) is 11.3 Å². The van der Waals surface area contributed by atoms with E-state index in [-0.39, 0.29) is 0 Å². The van der Waals surface area contributed by atoms with Gasteiger partial charge in [0.1, 0.15) is 18.0 Å². The number of carbonyl (C=O) groups excluding carboxylic acids is 1. The Labute approximate surface area is 144 Å². The van der Waals surface area contributed by atoms with Gasteiger partial charge in [-0.1, -0.05) is 18.6 Å². The minimum Gasteiger partial charge on any atom is -0.492 e. The van der Waals surface area contributed by atoms with Gasteiger partial charge in [-0.25, -0.2) is 4.79 Å². The number of amides is 1. The molecule has 2 unspecified atom stereocenters. The summed E-state index contributed by atoms with van der Waals surface area (Å²) in [6.07, 6.45) is 3.70. The molecule has 0 aromatic heterocycles. The SMILES string of the molecule is CC(C)(C)OC(=O)NCc1ccc(OCC2CN2C2CCC2)cc1. The van der Waals surface area contributed by atoms with Crippen molar-refractivity contribution in [1.29, 1.82) is 0 Å². The van der Waals surface area contributed by atoms with Gasteiger partial charge in [0.05, 0.1) is 6.04 Å². The highest BCUT2D eigenvalue weighted by molar-refractivity contribution is 5.67. The van der Waals surface area contributed by atoms with Crippen molar-refractivity contribution >= 4 is 6.09 Å². The summed E-state index contributed by atoms with van der Waals surface area (Å²) in [7, 11) is 0. The number of alkyl carbamates (subject to hydrolysis) is 1. The predicted octanol–water partition coefficient (Wildman–Crippen LogP) is 3.33. The van der Waals surface area contributed by atoms with Crippen LogP contribution >= 0.6 is 0 Å². The molecule has 5 heteroatoms.